The van der Waals surface area contributed by atoms with Crippen molar-refractivity contribution in [2.75, 3.05) is 26.8 Å². The Morgan fingerprint density at radius 3 is 2.53 bits per heavy atom. The smallest absolute Gasteiger partial charge is 0.410 e. The highest BCUT2D eigenvalue weighted by Gasteiger charge is 2.41. The molecule has 38 heavy (non-hydrogen) atoms. The normalized spacial score (nSPS) is 16.4. The molecule has 210 valence electrons. The molecule has 3 amide bonds. The summed E-state index contributed by atoms with van der Waals surface area (Å²) in [7, 11) is 1.49. The van der Waals surface area contributed by atoms with Crippen molar-refractivity contribution in [3.8, 4) is 0 Å². The van der Waals surface area contributed by atoms with E-state index in [1.54, 1.807) is 13.8 Å². The molecule has 1 heterocycles. The number of nitrogens with one attached hydrogen (secondary N) is 3. The Kier molecular flexibility index (Phi) is 12.0. The molecule has 1 aromatic carbocycles. The minimum Gasteiger partial charge on any atom is -0.445 e. The second-order valence-electron chi connectivity index (χ2n) is 9.67. The Balaban J connectivity index is 2.06. The summed E-state index contributed by atoms with van der Waals surface area (Å²) < 4.78 is 18.6. The zero-order valence-electron chi connectivity index (χ0n) is 22.2. The molecule has 1 aliphatic heterocycles. The lowest BCUT2D eigenvalue weighted by Crippen LogP contribution is -2.57. The Bertz CT molecular complexity index is 976. The van der Waals surface area contributed by atoms with Crippen LogP contribution in [0.25, 0.3) is 0 Å². The predicted molar refractivity (Wildman–Crippen MR) is 140 cm³/mol. The largest absolute Gasteiger partial charge is 0.445 e. The number of Topliss-reactive ketones (excluding diaryl/α,β-unsaturated/α-hetero) is 1. The van der Waals surface area contributed by atoms with Gasteiger partial charge in [-0.25, -0.2) is 9.18 Å². The van der Waals surface area contributed by atoms with Gasteiger partial charge in [-0.1, -0.05) is 44.2 Å². The Labute approximate surface area is 222 Å². The second kappa shape index (κ2) is 14.9. The van der Waals surface area contributed by atoms with Gasteiger partial charge in [-0.05, 0) is 37.2 Å². The summed E-state index contributed by atoms with van der Waals surface area (Å²) in [5.41, 5.74) is 6.05. The molecule has 1 fully saturated rings. The lowest BCUT2D eigenvalue weighted by atomic mass is 10.0. The molecule has 0 saturated carbocycles. The maximum Gasteiger partial charge on any atom is 0.410 e. The first-order chi connectivity index (χ1) is 18.1. The summed E-state index contributed by atoms with van der Waals surface area (Å²) in [6.45, 7) is 3.04. The average Bonchev–Trinajstić information content (AvgIpc) is 3.39. The van der Waals surface area contributed by atoms with Crippen molar-refractivity contribution in [1.29, 1.82) is 5.41 Å². The molecule has 5 N–H and O–H groups in total. The Morgan fingerprint density at radius 1 is 1.24 bits per heavy atom. The number of hydrogen-bond donors (Lipinski definition) is 4. The third-order valence-electron chi connectivity index (χ3n) is 6.46. The highest BCUT2D eigenvalue weighted by molar-refractivity contribution is 5.95. The van der Waals surface area contributed by atoms with Gasteiger partial charge in [0, 0.05) is 20.1 Å². The number of ether oxygens (including phenoxy) is 1. The number of ketones is 1. The maximum atomic E-state index is 13.6. The number of hydrogen-bond acceptors (Lipinski definition) is 6. The van der Waals surface area contributed by atoms with Gasteiger partial charge < -0.3 is 26.0 Å². The molecule has 0 radical (unpaired) electrons. The molecular weight excluding hydrogens is 495 g/mol. The number of nitrogens with zero attached hydrogens (tertiary/aromatic N) is 2. The van der Waals surface area contributed by atoms with Gasteiger partial charge in [0.15, 0.2) is 11.7 Å². The number of likely N-dealkylation sites (tertiary alicyclic amines) is 1. The molecule has 12 heteroatoms. The number of guanidine groups is 1. The van der Waals surface area contributed by atoms with Crippen molar-refractivity contribution in [2.24, 2.45) is 11.7 Å². The van der Waals surface area contributed by atoms with Crippen LogP contribution in [0.3, 0.4) is 0 Å². The molecule has 0 bridgehead atoms. The number of carbonyl (C=O) groups is 4. The fraction of sp³-hybridized carbons (Fsp3) is 0.577. The summed E-state index contributed by atoms with van der Waals surface area (Å²) in [5, 5.41) is 12.4. The third-order valence-corrected chi connectivity index (χ3v) is 6.46. The number of carbonyl (C=O) groups excluding carboxylic acids is 4. The first-order valence-electron chi connectivity index (χ1n) is 12.8. The fourth-order valence-electron chi connectivity index (χ4n) is 4.51. The van der Waals surface area contributed by atoms with Crippen LogP contribution in [0.15, 0.2) is 30.3 Å². The van der Waals surface area contributed by atoms with E-state index in [0.29, 0.717) is 25.8 Å². The monoisotopic (exact) mass is 534 g/mol. The zero-order valence-corrected chi connectivity index (χ0v) is 22.2. The second-order valence-corrected chi connectivity index (χ2v) is 9.67. The quantitative estimate of drug-likeness (QED) is 0.170. The van der Waals surface area contributed by atoms with Crippen molar-refractivity contribution in [3.63, 3.8) is 0 Å². The van der Waals surface area contributed by atoms with Gasteiger partial charge >= 0.3 is 6.09 Å². The van der Waals surface area contributed by atoms with Crippen LogP contribution >= 0.6 is 0 Å². The number of rotatable bonds is 13. The molecule has 0 spiro atoms. The lowest BCUT2D eigenvalue weighted by molar-refractivity contribution is -0.143. The summed E-state index contributed by atoms with van der Waals surface area (Å²) in [5.74, 6) is -2.19. The fourth-order valence-corrected chi connectivity index (χ4v) is 4.51. The van der Waals surface area contributed by atoms with Crippen LogP contribution in [-0.2, 0) is 25.7 Å². The molecule has 0 aromatic heterocycles. The van der Waals surface area contributed by atoms with Gasteiger partial charge in [-0.15, -0.1) is 0 Å². The van der Waals surface area contributed by atoms with Crippen LogP contribution in [0.1, 0.15) is 45.1 Å². The number of likely N-dealkylation sites (N-methyl/N-ethyl adjacent to an activating group) is 1. The van der Waals surface area contributed by atoms with E-state index in [1.807, 2.05) is 30.3 Å². The summed E-state index contributed by atoms with van der Waals surface area (Å²) in [6, 6.07) is 6.40. The molecule has 1 aliphatic rings. The van der Waals surface area contributed by atoms with E-state index in [9.17, 15) is 23.6 Å². The van der Waals surface area contributed by atoms with Crippen molar-refractivity contribution in [3.05, 3.63) is 35.9 Å². The Hall–Kier alpha value is -3.70. The number of alkyl halides is 1. The van der Waals surface area contributed by atoms with Gasteiger partial charge in [0.2, 0.25) is 11.8 Å². The van der Waals surface area contributed by atoms with Crippen LogP contribution in [0.5, 0.6) is 0 Å². The topological polar surface area (TPSA) is 158 Å². The molecule has 0 unspecified atom stereocenters. The number of amides is 3. The van der Waals surface area contributed by atoms with E-state index in [2.05, 4.69) is 10.6 Å². The van der Waals surface area contributed by atoms with Crippen molar-refractivity contribution in [2.45, 2.75) is 64.3 Å². The highest BCUT2D eigenvalue weighted by atomic mass is 19.1. The lowest BCUT2D eigenvalue weighted by Gasteiger charge is -2.35. The van der Waals surface area contributed by atoms with Gasteiger partial charge in [-0.3, -0.25) is 24.7 Å². The summed E-state index contributed by atoms with van der Waals surface area (Å²) in [4.78, 5) is 54.3. The van der Waals surface area contributed by atoms with Crippen molar-refractivity contribution >= 4 is 29.7 Å². The van der Waals surface area contributed by atoms with Crippen LogP contribution in [-0.4, -0.2) is 84.4 Å². The molecule has 11 nitrogen and oxygen atoms in total. The SMILES string of the molecule is CC(C)[C@@H](C(=O)N1CCC[C@H]1C(=O)N[C@@H](CCCNC(=N)N)C(=O)CF)N(C)C(=O)OCc1ccccc1. The van der Waals surface area contributed by atoms with Gasteiger partial charge in [0.05, 0.1) is 6.04 Å². The number of halogens is 1. The predicted octanol–water partition coefficient (Wildman–Crippen LogP) is 1.56. The van der Waals surface area contributed by atoms with E-state index in [0.717, 1.165) is 5.56 Å². The van der Waals surface area contributed by atoms with Crippen molar-refractivity contribution in [1.82, 2.24) is 20.4 Å². The van der Waals surface area contributed by atoms with E-state index in [4.69, 9.17) is 15.9 Å². The van der Waals surface area contributed by atoms with Crippen LogP contribution < -0.4 is 16.4 Å². The van der Waals surface area contributed by atoms with Gasteiger partial charge in [-0.2, -0.15) is 0 Å². The van der Waals surface area contributed by atoms with E-state index in [-0.39, 0.29) is 31.4 Å². The number of nitrogens with two attached hydrogens (primary N) is 1. The maximum absolute atomic E-state index is 13.6. The molecule has 1 aromatic rings. The highest BCUT2D eigenvalue weighted by Crippen LogP contribution is 2.23. The molecule has 3 atom stereocenters. The molecule has 2 rings (SSSR count). The van der Waals surface area contributed by atoms with Gasteiger partial charge in [0.1, 0.15) is 25.4 Å². The number of benzene rings is 1. The molecular formula is C26H39FN6O5. The van der Waals surface area contributed by atoms with E-state index >= 15 is 0 Å². The molecule has 0 aliphatic carbocycles. The summed E-state index contributed by atoms with van der Waals surface area (Å²) >= 11 is 0. The van der Waals surface area contributed by atoms with Crippen LogP contribution in [0, 0.1) is 11.3 Å². The minimum atomic E-state index is -1.23. The van der Waals surface area contributed by atoms with E-state index in [1.165, 1.54) is 16.8 Å². The first-order valence-corrected chi connectivity index (χ1v) is 12.8. The average molecular weight is 535 g/mol. The first kappa shape index (κ1) is 30.5. The van der Waals surface area contributed by atoms with Crippen LogP contribution in [0.2, 0.25) is 0 Å². The zero-order chi connectivity index (χ0) is 28.2. The minimum absolute atomic E-state index is 0.0592. The molecule has 1 saturated heterocycles. The van der Waals surface area contributed by atoms with Crippen molar-refractivity contribution < 1.29 is 28.3 Å². The summed E-state index contributed by atoms with van der Waals surface area (Å²) in [6.07, 6.45) is 0.817. The van der Waals surface area contributed by atoms with Gasteiger partial charge in [0.25, 0.3) is 0 Å². The standard InChI is InChI=1S/C26H39FN6O5/c1-17(2)22(32(3)26(37)38-16-18-9-5-4-6-10-18)24(36)33-14-8-12-20(33)23(35)31-19(21(34)15-27)11-7-13-30-25(28)29/h4-6,9-10,17,19-20,22H,7-8,11-16H2,1-3H3,(H,31,35)(H4,28,29,30)/t19-,20-,22-/m0/s1. The van der Waals surface area contributed by atoms with Crippen LogP contribution in [0.4, 0.5) is 9.18 Å². The third kappa shape index (κ3) is 8.70. The Morgan fingerprint density at radius 2 is 1.92 bits per heavy atom. The van der Waals surface area contributed by atoms with E-state index < -0.39 is 48.5 Å².